The quantitative estimate of drug-likeness (QED) is 0.716. The molecule has 10 heavy (non-hydrogen) atoms. The molecule has 0 amide bonds. The van der Waals surface area contributed by atoms with Crippen LogP contribution in [0.1, 0.15) is 25.6 Å². The van der Waals surface area contributed by atoms with Gasteiger partial charge in [-0.05, 0) is 25.0 Å². The molecule has 0 radical (unpaired) electrons. The highest BCUT2D eigenvalue weighted by atomic mass is 32.1. The van der Waals surface area contributed by atoms with Gasteiger partial charge in [-0.3, -0.25) is 0 Å². The highest BCUT2D eigenvalue weighted by molar-refractivity contribution is 7.03. The topological polar surface area (TPSA) is 37.8 Å². The van der Waals surface area contributed by atoms with Crippen molar-refractivity contribution < 1.29 is 0 Å². The molecule has 0 fully saturated rings. The van der Waals surface area contributed by atoms with Gasteiger partial charge in [-0.15, -0.1) is 5.10 Å². The van der Waals surface area contributed by atoms with Crippen LogP contribution in [-0.4, -0.2) is 16.1 Å². The molecule has 1 aromatic heterocycles. The molecule has 0 aliphatic carbocycles. The fourth-order valence-corrected chi connectivity index (χ4v) is 1.32. The maximum atomic E-state index is 3.94. The van der Waals surface area contributed by atoms with E-state index in [2.05, 4.69) is 28.8 Å². The second-order valence-electron chi connectivity index (χ2n) is 2.11. The SMILES string of the molecule is CCNC(C)c1csnn1. The van der Waals surface area contributed by atoms with Crippen molar-refractivity contribution in [2.24, 2.45) is 0 Å². The predicted molar refractivity (Wildman–Crippen MR) is 42.0 cm³/mol. The fourth-order valence-electron chi connectivity index (χ4n) is 0.771. The minimum atomic E-state index is 0.337. The molecule has 1 rings (SSSR count). The first kappa shape index (κ1) is 7.63. The monoisotopic (exact) mass is 157 g/mol. The van der Waals surface area contributed by atoms with Gasteiger partial charge in [0.05, 0.1) is 5.69 Å². The van der Waals surface area contributed by atoms with E-state index in [9.17, 15) is 0 Å². The Bertz CT molecular complexity index is 173. The van der Waals surface area contributed by atoms with Gasteiger partial charge < -0.3 is 5.32 Å². The summed E-state index contributed by atoms with van der Waals surface area (Å²) in [7, 11) is 0. The van der Waals surface area contributed by atoms with Gasteiger partial charge in [0.1, 0.15) is 0 Å². The van der Waals surface area contributed by atoms with Crippen molar-refractivity contribution in [3.8, 4) is 0 Å². The lowest BCUT2D eigenvalue weighted by Crippen LogP contribution is -2.17. The fraction of sp³-hybridized carbons (Fsp3) is 0.667. The van der Waals surface area contributed by atoms with Crippen LogP contribution < -0.4 is 5.32 Å². The smallest absolute Gasteiger partial charge is 0.0921 e. The molecule has 56 valence electrons. The van der Waals surface area contributed by atoms with E-state index in [4.69, 9.17) is 0 Å². The van der Waals surface area contributed by atoms with Crippen LogP contribution >= 0.6 is 11.5 Å². The first-order valence-corrected chi connectivity index (χ1v) is 4.18. The van der Waals surface area contributed by atoms with Gasteiger partial charge in [0.2, 0.25) is 0 Å². The van der Waals surface area contributed by atoms with Gasteiger partial charge in [-0.2, -0.15) is 0 Å². The van der Waals surface area contributed by atoms with E-state index in [0.29, 0.717) is 6.04 Å². The van der Waals surface area contributed by atoms with E-state index < -0.39 is 0 Å². The van der Waals surface area contributed by atoms with E-state index in [1.54, 1.807) is 0 Å². The van der Waals surface area contributed by atoms with Gasteiger partial charge in [0.15, 0.2) is 0 Å². The molecule has 0 saturated heterocycles. The average molecular weight is 157 g/mol. The third kappa shape index (κ3) is 1.75. The molecule has 0 aliphatic rings. The van der Waals surface area contributed by atoms with Crippen molar-refractivity contribution in [3.63, 3.8) is 0 Å². The lowest BCUT2D eigenvalue weighted by Gasteiger charge is -2.06. The molecule has 0 aliphatic heterocycles. The van der Waals surface area contributed by atoms with Crippen LogP contribution in [0.25, 0.3) is 0 Å². The summed E-state index contributed by atoms with van der Waals surface area (Å²) in [6, 6.07) is 0.337. The number of hydrogen-bond donors (Lipinski definition) is 1. The van der Waals surface area contributed by atoms with Gasteiger partial charge in [0, 0.05) is 11.4 Å². The molecule has 0 spiro atoms. The number of hydrogen-bond acceptors (Lipinski definition) is 4. The first-order chi connectivity index (χ1) is 4.84. The second-order valence-corrected chi connectivity index (χ2v) is 2.72. The Labute approximate surface area is 64.6 Å². The van der Waals surface area contributed by atoms with Gasteiger partial charge in [-0.1, -0.05) is 11.4 Å². The van der Waals surface area contributed by atoms with Crippen LogP contribution in [0.3, 0.4) is 0 Å². The molecular formula is C6H11N3S. The third-order valence-electron chi connectivity index (χ3n) is 1.33. The summed E-state index contributed by atoms with van der Waals surface area (Å²) >= 11 is 1.39. The Morgan fingerprint density at radius 1 is 1.80 bits per heavy atom. The van der Waals surface area contributed by atoms with Crippen molar-refractivity contribution in [2.45, 2.75) is 19.9 Å². The summed E-state index contributed by atoms with van der Waals surface area (Å²) in [5.74, 6) is 0. The summed E-state index contributed by atoms with van der Waals surface area (Å²) in [5, 5.41) is 9.16. The summed E-state index contributed by atoms with van der Waals surface area (Å²) in [6.07, 6.45) is 0. The van der Waals surface area contributed by atoms with Crippen molar-refractivity contribution in [1.29, 1.82) is 0 Å². The van der Waals surface area contributed by atoms with E-state index >= 15 is 0 Å². The Kier molecular flexibility index (Phi) is 2.77. The molecule has 0 bridgehead atoms. The Morgan fingerprint density at radius 3 is 3.10 bits per heavy atom. The van der Waals surface area contributed by atoms with Crippen LogP contribution in [0.4, 0.5) is 0 Å². The zero-order valence-electron chi connectivity index (χ0n) is 6.16. The molecule has 1 unspecified atom stereocenters. The zero-order chi connectivity index (χ0) is 7.40. The Balaban J connectivity index is 2.50. The van der Waals surface area contributed by atoms with Crippen molar-refractivity contribution >= 4 is 11.5 Å². The summed E-state index contributed by atoms with van der Waals surface area (Å²) in [6.45, 7) is 5.13. The largest absolute Gasteiger partial charge is 0.309 e. The second kappa shape index (κ2) is 3.63. The maximum Gasteiger partial charge on any atom is 0.0921 e. The molecule has 3 nitrogen and oxygen atoms in total. The summed E-state index contributed by atoms with van der Waals surface area (Å²) in [4.78, 5) is 0. The van der Waals surface area contributed by atoms with E-state index in [0.717, 1.165) is 12.2 Å². The van der Waals surface area contributed by atoms with E-state index in [-0.39, 0.29) is 0 Å². The lowest BCUT2D eigenvalue weighted by atomic mass is 10.3. The minimum absolute atomic E-state index is 0.337. The molecular weight excluding hydrogens is 146 g/mol. The summed E-state index contributed by atoms with van der Waals surface area (Å²) in [5.41, 5.74) is 1.03. The van der Waals surface area contributed by atoms with Gasteiger partial charge >= 0.3 is 0 Å². The van der Waals surface area contributed by atoms with Gasteiger partial charge in [0.25, 0.3) is 0 Å². The standard InChI is InChI=1S/C6H11N3S/c1-3-7-5(2)6-4-10-9-8-6/h4-5,7H,3H2,1-2H3. The molecule has 0 saturated carbocycles. The molecule has 1 N–H and O–H groups in total. The van der Waals surface area contributed by atoms with E-state index in [1.807, 2.05) is 5.38 Å². The number of rotatable bonds is 3. The molecule has 0 aromatic carbocycles. The maximum absolute atomic E-state index is 3.94. The van der Waals surface area contributed by atoms with Gasteiger partial charge in [-0.25, -0.2) is 0 Å². The third-order valence-corrected chi connectivity index (χ3v) is 1.85. The number of nitrogens with zero attached hydrogens (tertiary/aromatic N) is 2. The first-order valence-electron chi connectivity index (χ1n) is 3.35. The predicted octanol–water partition coefficient (Wildman–Crippen LogP) is 1.21. The van der Waals surface area contributed by atoms with Crippen LogP contribution in [0, 0.1) is 0 Å². The number of nitrogens with one attached hydrogen (secondary N) is 1. The molecule has 1 heterocycles. The molecule has 4 heteroatoms. The normalized spacial score (nSPS) is 13.4. The molecule has 1 atom stereocenters. The number of aromatic nitrogens is 2. The van der Waals surface area contributed by atoms with Crippen molar-refractivity contribution in [3.05, 3.63) is 11.1 Å². The lowest BCUT2D eigenvalue weighted by molar-refractivity contribution is 0.582. The van der Waals surface area contributed by atoms with Crippen LogP contribution in [-0.2, 0) is 0 Å². The molecule has 1 aromatic rings. The van der Waals surface area contributed by atoms with Crippen LogP contribution in [0.5, 0.6) is 0 Å². The minimum Gasteiger partial charge on any atom is -0.309 e. The van der Waals surface area contributed by atoms with Crippen LogP contribution in [0.15, 0.2) is 5.38 Å². The average Bonchev–Trinajstić information content (AvgIpc) is 2.38. The highest BCUT2D eigenvalue weighted by Gasteiger charge is 2.04. The Morgan fingerprint density at radius 2 is 2.60 bits per heavy atom. The highest BCUT2D eigenvalue weighted by Crippen LogP contribution is 2.08. The van der Waals surface area contributed by atoms with E-state index in [1.165, 1.54) is 11.5 Å². The van der Waals surface area contributed by atoms with Crippen LogP contribution in [0.2, 0.25) is 0 Å². The zero-order valence-corrected chi connectivity index (χ0v) is 6.98. The Hall–Kier alpha value is -0.480. The van der Waals surface area contributed by atoms with Crippen molar-refractivity contribution in [1.82, 2.24) is 14.9 Å². The van der Waals surface area contributed by atoms with Crippen molar-refractivity contribution in [2.75, 3.05) is 6.54 Å². The summed E-state index contributed by atoms with van der Waals surface area (Å²) < 4.78 is 3.78.